The maximum Gasteiger partial charge on any atom is 0.224 e. The third-order valence-electron chi connectivity index (χ3n) is 3.97. The van der Waals surface area contributed by atoms with E-state index in [2.05, 4.69) is 15.4 Å². The maximum absolute atomic E-state index is 14.2. The van der Waals surface area contributed by atoms with Crippen LogP contribution in [0.1, 0.15) is 12.8 Å². The standard InChI is InChI=1S/C19H19FN4O4S/c1-29(26,27)16-7-5-15(6-8-16)28-10-2-3-19(25)23-14-4-9-18(17(20)11-14)24-13-21-12-22-24/h4-9,11-13H,2-3,10H2,1H3,(H,23,25). The minimum absolute atomic E-state index is 0.188. The normalized spacial score (nSPS) is 11.2. The van der Waals surface area contributed by atoms with Crippen LogP contribution in [0.3, 0.4) is 0 Å². The lowest BCUT2D eigenvalue weighted by Gasteiger charge is -2.09. The Morgan fingerprint density at radius 2 is 1.97 bits per heavy atom. The van der Waals surface area contributed by atoms with E-state index < -0.39 is 15.7 Å². The summed E-state index contributed by atoms with van der Waals surface area (Å²) in [5.41, 5.74) is 0.574. The monoisotopic (exact) mass is 418 g/mol. The highest BCUT2D eigenvalue weighted by atomic mass is 32.2. The second-order valence-corrected chi connectivity index (χ2v) is 8.27. The van der Waals surface area contributed by atoms with Crippen LogP contribution in [0.2, 0.25) is 0 Å². The number of amides is 1. The molecule has 1 aromatic heterocycles. The summed E-state index contributed by atoms with van der Waals surface area (Å²) < 4.78 is 43.8. The Labute approximate surface area is 167 Å². The molecule has 0 radical (unpaired) electrons. The molecule has 10 heteroatoms. The summed E-state index contributed by atoms with van der Waals surface area (Å²) in [6.07, 6.45) is 4.45. The van der Waals surface area contributed by atoms with E-state index in [-0.39, 0.29) is 29.5 Å². The van der Waals surface area contributed by atoms with Gasteiger partial charge in [-0.15, -0.1) is 0 Å². The lowest BCUT2D eigenvalue weighted by molar-refractivity contribution is -0.116. The van der Waals surface area contributed by atoms with E-state index in [4.69, 9.17) is 4.74 Å². The van der Waals surface area contributed by atoms with Crippen molar-refractivity contribution in [3.05, 3.63) is 60.9 Å². The molecule has 8 nitrogen and oxygen atoms in total. The van der Waals surface area contributed by atoms with Gasteiger partial charge >= 0.3 is 0 Å². The van der Waals surface area contributed by atoms with E-state index >= 15 is 0 Å². The van der Waals surface area contributed by atoms with Gasteiger partial charge < -0.3 is 10.1 Å². The van der Waals surface area contributed by atoms with Crippen LogP contribution in [0, 0.1) is 5.82 Å². The molecule has 0 saturated heterocycles. The first-order valence-electron chi connectivity index (χ1n) is 8.70. The van der Waals surface area contributed by atoms with Gasteiger partial charge in [0.2, 0.25) is 5.91 Å². The van der Waals surface area contributed by atoms with Gasteiger partial charge in [-0.2, -0.15) is 5.10 Å². The number of halogens is 1. The van der Waals surface area contributed by atoms with Crippen molar-refractivity contribution in [2.45, 2.75) is 17.7 Å². The summed E-state index contributed by atoms with van der Waals surface area (Å²) in [5, 5.41) is 6.50. The van der Waals surface area contributed by atoms with Crippen LogP contribution in [0.15, 0.2) is 60.0 Å². The third kappa shape index (κ3) is 5.61. The van der Waals surface area contributed by atoms with Crippen LogP contribution in [0.25, 0.3) is 5.69 Å². The van der Waals surface area contributed by atoms with Gasteiger partial charge in [-0.3, -0.25) is 4.79 Å². The first-order chi connectivity index (χ1) is 13.8. The molecule has 0 fully saturated rings. The number of nitrogens with zero attached hydrogens (tertiary/aromatic N) is 3. The quantitative estimate of drug-likeness (QED) is 0.564. The molecule has 0 aliphatic carbocycles. The van der Waals surface area contributed by atoms with Gasteiger partial charge in [0.05, 0.1) is 11.5 Å². The molecule has 29 heavy (non-hydrogen) atoms. The number of benzene rings is 2. The molecular weight excluding hydrogens is 399 g/mol. The lowest BCUT2D eigenvalue weighted by Crippen LogP contribution is -2.13. The number of carbonyl (C=O) groups is 1. The number of hydrogen-bond donors (Lipinski definition) is 1. The summed E-state index contributed by atoms with van der Waals surface area (Å²) in [6, 6.07) is 10.4. The zero-order valence-corrected chi connectivity index (χ0v) is 16.4. The fourth-order valence-electron chi connectivity index (χ4n) is 2.53. The molecule has 1 N–H and O–H groups in total. The van der Waals surface area contributed by atoms with Crippen molar-refractivity contribution in [1.82, 2.24) is 14.8 Å². The highest BCUT2D eigenvalue weighted by Gasteiger charge is 2.09. The van der Waals surface area contributed by atoms with Gasteiger partial charge in [0, 0.05) is 18.4 Å². The predicted molar refractivity (Wildman–Crippen MR) is 104 cm³/mol. The van der Waals surface area contributed by atoms with Crippen LogP contribution < -0.4 is 10.1 Å². The van der Waals surface area contributed by atoms with Crippen LogP contribution in [0.4, 0.5) is 10.1 Å². The third-order valence-corrected chi connectivity index (χ3v) is 5.09. The number of rotatable bonds is 8. The fraction of sp³-hybridized carbons (Fsp3) is 0.211. The summed E-state index contributed by atoms with van der Waals surface area (Å²) in [5.74, 6) is -0.285. The SMILES string of the molecule is CS(=O)(=O)c1ccc(OCCCC(=O)Nc2ccc(-n3cncn3)c(F)c2)cc1. The molecule has 1 amide bonds. The summed E-state index contributed by atoms with van der Waals surface area (Å²) in [6.45, 7) is 0.283. The number of anilines is 1. The van der Waals surface area contributed by atoms with Gasteiger partial charge in [0.15, 0.2) is 15.7 Å². The molecule has 1 heterocycles. The predicted octanol–water partition coefficient (Wildman–Crippen LogP) is 2.61. The van der Waals surface area contributed by atoms with Crippen molar-refractivity contribution in [2.24, 2.45) is 0 Å². The number of sulfone groups is 1. The van der Waals surface area contributed by atoms with E-state index in [1.165, 1.54) is 41.6 Å². The molecule has 0 bridgehead atoms. The molecule has 0 saturated carbocycles. The summed E-state index contributed by atoms with van der Waals surface area (Å²) >= 11 is 0. The van der Waals surface area contributed by atoms with Crippen LogP contribution in [-0.2, 0) is 14.6 Å². The molecule has 0 unspecified atom stereocenters. The second kappa shape index (κ2) is 8.82. The first-order valence-corrected chi connectivity index (χ1v) is 10.6. The minimum atomic E-state index is -3.25. The second-order valence-electron chi connectivity index (χ2n) is 6.25. The largest absolute Gasteiger partial charge is 0.494 e. The summed E-state index contributed by atoms with van der Waals surface area (Å²) in [7, 11) is -3.25. The molecule has 2 aromatic carbocycles. The van der Waals surface area contributed by atoms with Crippen LogP contribution in [-0.4, -0.2) is 42.0 Å². The topological polar surface area (TPSA) is 103 Å². The van der Waals surface area contributed by atoms with Crippen molar-refractivity contribution >= 4 is 21.4 Å². The van der Waals surface area contributed by atoms with Crippen LogP contribution in [0.5, 0.6) is 5.75 Å². The zero-order valence-electron chi connectivity index (χ0n) is 15.6. The molecule has 0 spiro atoms. The molecule has 3 aromatic rings. The molecule has 0 aliphatic rings. The molecular formula is C19H19FN4O4S. The van der Waals surface area contributed by atoms with E-state index in [0.717, 1.165) is 6.26 Å². The Bertz CT molecular complexity index is 1080. The maximum atomic E-state index is 14.2. The Morgan fingerprint density at radius 3 is 2.59 bits per heavy atom. The smallest absolute Gasteiger partial charge is 0.224 e. The van der Waals surface area contributed by atoms with Gasteiger partial charge in [0.25, 0.3) is 0 Å². The number of carbonyl (C=O) groups excluding carboxylic acids is 1. The van der Waals surface area contributed by atoms with Crippen molar-refractivity contribution in [3.63, 3.8) is 0 Å². The van der Waals surface area contributed by atoms with Gasteiger partial charge in [-0.1, -0.05) is 0 Å². The molecule has 0 aliphatic heterocycles. The molecule has 3 rings (SSSR count). The van der Waals surface area contributed by atoms with E-state index in [1.54, 1.807) is 18.2 Å². The van der Waals surface area contributed by atoms with Crippen molar-refractivity contribution in [3.8, 4) is 11.4 Å². The highest BCUT2D eigenvalue weighted by Crippen LogP contribution is 2.18. The van der Waals surface area contributed by atoms with Crippen molar-refractivity contribution in [1.29, 1.82) is 0 Å². The van der Waals surface area contributed by atoms with E-state index in [1.807, 2.05) is 0 Å². The number of nitrogens with one attached hydrogen (secondary N) is 1. The first kappa shape index (κ1) is 20.5. The van der Waals surface area contributed by atoms with E-state index in [9.17, 15) is 17.6 Å². The zero-order chi connectivity index (χ0) is 20.9. The minimum Gasteiger partial charge on any atom is -0.494 e. The van der Waals surface area contributed by atoms with Crippen molar-refractivity contribution in [2.75, 3.05) is 18.2 Å². The summed E-state index contributed by atoms with van der Waals surface area (Å²) in [4.78, 5) is 16.0. The molecule has 0 atom stereocenters. The van der Waals surface area contributed by atoms with E-state index in [0.29, 0.717) is 17.9 Å². The van der Waals surface area contributed by atoms with Gasteiger partial charge in [-0.05, 0) is 48.9 Å². The lowest BCUT2D eigenvalue weighted by atomic mass is 10.2. The van der Waals surface area contributed by atoms with Gasteiger partial charge in [-0.25, -0.2) is 22.5 Å². The number of aromatic nitrogens is 3. The average molecular weight is 418 g/mol. The Balaban J connectivity index is 1.45. The van der Waals surface area contributed by atoms with Crippen molar-refractivity contribution < 1.29 is 22.3 Å². The Morgan fingerprint density at radius 1 is 1.21 bits per heavy atom. The molecule has 152 valence electrons. The Kier molecular flexibility index (Phi) is 6.23. The van der Waals surface area contributed by atoms with Gasteiger partial charge in [0.1, 0.15) is 24.1 Å². The van der Waals surface area contributed by atoms with Crippen LogP contribution >= 0.6 is 0 Å². The average Bonchev–Trinajstić information content (AvgIpc) is 3.19. The number of hydrogen-bond acceptors (Lipinski definition) is 6. The highest BCUT2D eigenvalue weighted by molar-refractivity contribution is 7.90. The number of ether oxygens (including phenoxy) is 1. The Hall–Kier alpha value is -3.27. The fourth-order valence-corrected chi connectivity index (χ4v) is 3.16.